The zero-order valence-corrected chi connectivity index (χ0v) is 16.7. The Morgan fingerprint density at radius 1 is 1.16 bits per heavy atom. The van der Waals surface area contributed by atoms with Crippen molar-refractivity contribution in [1.82, 2.24) is 19.9 Å². The maximum Gasteiger partial charge on any atom is 0.244 e. The average Bonchev–Trinajstić information content (AvgIpc) is 3.21. The maximum absolute atomic E-state index is 14.3. The third kappa shape index (κ3) is 5.33. The van der Waals surface area contributed by atoms with Crippen LogP contribution in [0.25, 0.3) is 17.1 Å². The highest BCUT2D eigenvalue weighted by Crippen LogP contribution is 2.24. The first-order valence-corrected chi connectivity index (χ1v) is 9.92. The number of aromatic nitrogens is 3. The number of ether oxygens (including phenoxy) is 1. The molecule has 1 amide bonds. The van der Waals surface area contributed by atoms with Crippen molar-refractivity contribution in [2.45, 2.75) is 13.0 Å². The van der Waals surface area contributed by atoms with E-state index in [0.29, 0.717) is 17.9 Å². The first-order valence-electron chi connectivity index (χ1n) is 9.92. The lowest BCUT2D eigenvalue weighted by atomic mass is 10.2. The molecule has 0 radical (unpaired) electrons. The monoisotopic (exact) mass is 416 g/mol. The van der Waals surface area contributed by atoms with Gasteiger partial charge in [0, 0.05) is 25.4 Å². The number of aryl methyl sites for hydroxylation is 1. The van der Waals surface area contributed by atoms with Gasteiger partial charge in [0.15, 0.2) is 11.6 Å². The number of nitrogens with one attached hydrogen (secondary N) is 1. The molecular formula is C24H21FN4O2. The summed E-state index contributed by atoms with van der Waals surface area (Å²) in [6.45, 7) is 1.29. The largest absolute Gasteiger partial charge is 0.453 e. The summed E-state index contributed by atoms with van der Waals surface area (Å²) in [4.78, 5) is 20.3. The van der Waals surface area contributed by atoms with Crippen molar-refractivity contribution >= 4 is 23.0 Å². The van der Waals surface area contributed by atoms with Crippen molar-refractivity contribution in [1.29, 1.82) is 0 Å². The van der Waals surface area contributed by atoms with Gasteiger partial charge in [-0.25, -0.2) is 9.37 Å². The van der Waals surface area contributed by atoms with Crippen LogP contribution < -0.4 is 10.1 Å². The molecule has 0 saturated heterocycles. The molecule has 0 bridgehead atoms. The molecule has 6 nitrogen and oxygen atoms in total. The second-order valence-corrected chi connectivity index (χ2v) is 6.89. The third-order valence-electron chi connectivity index (χ3n) is 4.65. The summed E-state index contributed by atoms with van der Waals surface area (Å²) in [6.07, 6.45) is 8.66. The van der Waals surface area contributed by atoms with Crippen molar-refractivity contribution in [3.63, 3.8) is 0 Å². The molecular weight excluding hydrogens is 395 g/mol. The molecule has 0 unspecified atom stereocenters. The highest BCUT2D eigenvalue weighted by atomic mass is 19.1. The fourth-order valence-electron chi connectivity index (χ4n) is 3.12. The average molecular weight is 416 g/mol. The minimum Gasteiger partial charge on any atom is -0.453 e. The topological polar surface area (TPSA) is 69.0 Å². The van der Waals surface area contributed by atoms with E-state index in [1.54, 1.807) is 30.5 Å². The van der Waals surface area contributed by atoms with Gasteiger partial charge in [-0.2, -0.15) is 0 Å². The molecule has 0 atom stereocenters. The van der Waals surface area contributed by atoms with Gasteiger partial charge in [0.2, 0.25) is 5.91 Å². The Labute approximate surface area is 179 Å². The van der Waals surface area contributed by atoms with Crippen LogP contribution in [0.15, 0.2) is 79.4 Å². The molecule has 7 heteroatoms. The van der Waals surface area contributed by atoms with Gasteiger partial charge in [-0.3, -0.25) is 9.78 Å². The molecule has 0 aliphatic rings. The second-order valence-electron chi connectivity index (χ2n) is 6.89. The summed E-state index contributed by atoms with van der Waals surface area (Å²) in [6, 6.07) is 15.9. The number of nitrogens with zero attached hydrogens (tertiary/aromatic N) is 3. The van der Waals surface area contributed by atoms with Crippen LogP contribution in [0.2, 0.25) is 0 Å². The van der Waals surface area contributed by atoms with E-state index in [1.807, 2.05) is 30.6 Å². The summed E-state index contributed by atoms with van der Waals surface area (Å²) < 4.78 is 21.8. The van der Waals surface area contributed by atoms with Crippen LogP contribution in [-0.4, -0.2) is 27.0 Å². The van der Waals surface area contributed by atoms with E-state index in [9.17, 15) is 9.18 Å². The summed E-state index contributed by atoms with van der Waals surface area (Å²) in [5.41, 5.74) is 2.60. The standard InChI is InChI=1S/C24H21FN4O2/c25-20-15-18(8-10-23(20)31-19-5-3-12-26-16-19)9-11-24(30)27-13-4-14-29-17-28-21-6-1-2-7-22(21)29/h1-3,5-12,15-17H,4,13-14H2,(H,27,30)/b11-9+. The molecule has 0 fully saturated rings. The molecule has 2 heterocycles. The van der Waals surface area contributed by atoms with Crippen molar-refractivity contribution in [2.75, 3.05) is 6.54 Å². The molecule has 0 aliphatic carbocycles. The smallest absolute Gasteiger partial charge is 0.244 e. The Bertz CT molecular complexity index is 1200. The molecule has 31 heavy (non-hydrogen) atoms. The number of rotatable bonds is 8. The zero-order chi connectivity index (χ0) is 21.5. The van der Waals surface area contributed by atoms with E-state index >= 15 is 0 Å². The van der Waals surface area contributed by atoms with Gasteiger partial charge in [0.25, 0.3) is 0 Å². The number of imidazole rings is 1. The first kappa shape index (κ1) is 20.3. The van der Waals surface area contributed by atoms with Crippen LogP contribution in [0.3, 0.4) is 0 Å². The summed E-state index contributed by atoms with van der Waals surface area (Å²) in [5, 5.41) is 2.84. The number of carbonyl (C=O) groups is 1. The molecule has 2 aromatic heterocycles. The van der Waals surface area contributed by atoms with Crippen molar-refractivity contribution < 1.29 is 13.9 Å². The second kappa shape index (κ2) is 9.67. The Kier molecular flexibility index (Phi) is 6.32. The van der Waals surface area contributed by atoms with Crippen LogP contribution >= 0.6 is 0 Å². The molecule has 1 N–H and O–H groups in total. The number of hydrogen-bond acceptors (Lipinski definition) is 4. The number of carbonyl (C=O) groups excluding carboxylic acids is 1. The molecule has 0 aliphatic heterocycles. The number of halogens is 1. The minimum absolute atomic E-state index is 0.0987. The van der Waals surface area contributed by atoms with Gasteiger partial charge in [-0.1, -0.05) is 18.2 Å². The predicted octanol–water partition coefficient (Wildman–Crippen LogP) is 4.58. The van der Waals surface area contributed by atoms with Gasteiger partial charge < -0.3 is 14.6 Å². The predicted molar refractivity (Wildman–Crippen MR) is 117 cm³/mol. The van der Waals surface area contributed by atoms with Crippen molar-refractivity contribution in [2.24, 2.45) is 0 Å². The number of amides is 1. The summed E-state index contributed by atoms with van der Waals surface area (Å²) >= 11 is 0. The van der Waals surface area contributed by atoms with Crippen molar-refractivity contribution in [3.8, 4) is 11.5 Å². The Balaban J connectivity index is 1.25. The lowest BCUT2D eigenvalue weighted by molar-refractivity contribution is -0.116. The van der Waals surface area contributed by atoms with E-state index in [1.165, 1.54) is 24.4 Å². The number of pyridine rings is 1. The van der Waals surface area contributed by atoms with E-state index < -0.39 is 5.82 Å². The van der Waals surface area contributed by atoms with Gasteiger partial charge in [0.05, 0.1) is 23.6 Å². The summed E-state index contributed by atoms with van der Waals surface area (Å²) in [7, 11) is 0. The van der Waals surface area contributed by atoms with Gasteiger partial charge in [0.1, 0.15) is 5.75 Å². The number of benzene rings is 2. The minimum atomic E-state index is -0.515. The van der Waals surface area contributed by atoms with Crippen LogP contribution in [0.5, 0.6) is 11.5 Å². The number of para-hydroxylation sites is 2. The first-order chi connectivity index (χ1) is 15.2. The molecule has 0 spiro atoms. The fourth-order valence-corrected chi connectivity index (χ4v) is 3.12. The quantitative estimate of drug-likeness (QED) is 0.337. The van der Waals surface area contributed by atoms with Crippen LogP contribution in [0, 0.1) is 5.82 Å². The van der Waals surface area contributed by atoms with Crippen molar-refractivity contribution in [3.05, 3.63) is 90.8 Å². The number of fused-ring (bicyclic) bond motifs is 1. The van der Waals surface area contributed by atoms with E-state index in [4.69, 9.17) is 4.74 Å². The maximum atomic E-state index is 14.3. The van der Waals surface area contributed by atoms with Crippen LogP contribution in [-0.2, 0) is 11.3 Å². The molecule has 4 aromatic rings. The van der Waals surface area contributed by atoms with E-state index in [2.05, 4.69) is 19.9 Å². The lowest BCUT2D eigenvalue weighted by Gasteiger charge is -2.07. The van der Waals surface area contributed by atoms with E-state index in [-0.39, 0.29) is 11.7 Å². The van der Waals surface area contributed by atoms with Gasteiger partial charge in [-0.15, -0.1) is 0 Å². The normalized spacial score (nSPS) is 11.1. The molecule has 2 aromatic carbocycles. The van der Waals surface area contributed by atoms with Crippen LogP contribution in [0.4, 0.5) is 4.39 Å². The Hall–Kier alpha value is -4.00. The van der Waals surface area contributed by atoms with Crippen LogP contribution in [0.1, 0.15) is 12.0 Å². The lowest BCUT2D eigenvalue weighted by Crippen LogP contribution is -2.23. The Morgan fingerprint density at radius 3 is 2.90 bits per heavy atom. The Morgan fingerprint density at radius 2 is 2.06 bits per heavy atom. The highest BCUT2D eigenvalue weighted by molar-refractivity contribution is 5.91. The highest BCUT2D eigenvalue weighted by Gasteiger charge is 2.06. The third-order valence-corrected chi connectivity index (χ3v) is 4.65. The SMILES string of the molecule is O=C(/C=C/c1ccc(Oc2cccnc2)c(F)c1)NCCCn1cnc2ccccc21. The zero-order valence-electron chi connectivity index (χ0n) is 16.7. The molecule has 4 rings (SSSR count). The fraction of sp³-hybridized carbons (Fsp3) is 0.125. The van der Waals surface area contributed by atoms with Gasteiger partial charge >= 0.3 is 0 Å². The number of hydrogen-bond donors (Lipinski definition) is 1. The molecule has 156 valence electrons. The van der Waals surface area contributed by atoms with E-state index in [0.717, 1.165) is 24.0 Å². The molecule has 0 saturated carbocycles. The summed E-state index contributed by atoms with van der Waals surface area (Å²) in [5.74, 6) is -0.194. The van der Waals surface area contributed by atoms with Gasteiger partial charge in [-0.05, 0) is 54.5 Å².